The Bertz CT molecular complexity index is 9400. The van der Waals surface area contributed by atoms with Gasteiger partial charge in [-0.15, -0.1) is 12.8 Å². The minimum atomic E-state index is -0.368. The molecule has 19 heteroatoms. The first-order valence-electron chi connectivity index (χ1n) is 45.5. The smallest absolute Gasteiger partial charge is 0.136 e. The van der Waals surface area contributed by atoms with E-state index in [1.54, 1.807) is 24.3 Å². The Labute approximate surface area is 825 Å². The van der Waals surface area contributed by atoms with E-state index in [4.69, 9.17) is 26.4 Å². The van der Waals surface area contributed by atoms with Crippen molar-refractivity contribution in [1.82, 2.24) is 26.6 Å². The van der Waals surface area contributed by atoms with Crippen molar-refractivity contribution >= 4 is 221 Å². The normalized spacial score (nSPS) is 11.5. The summed E-state index contributed by atoms with van der Waals surface area (Å²) in [6, 6.07) is 136. The van der Waals surface area contributed by atoms with Crippen molar-refractivity contribution in [2.24, 2.45) is 0 Å². The summed E-state index contributed by atoms with van der Waals surface area (Å²) in [6.45, 7) is 0. The van der Waals surface area contributed by atoms with E-state index in [0.29, 0.717) is 21.5 Å². The van der Waals surface area contributed by atoms with Gasteiger partial charge >= 0.3 is 0 Å². The van der Waals surface area contributed by atoms with Crippen molar-refractivity contribution in [2.75, 3.05) is 10.2 Å². The van der Waals surface area contributed by atoms with E-state index in [9.17, 15) is 17.6 Å². The van der Waals surface area contributed by atoms with Crippen molar-refractivity contribution in [3.8, 4) is 91.0 Å². The molecular weight excluding hydrogens is 1870 g/mol. The number of terminal acetylenes is 1. The van der Waals surface area contributed by atoms with Crippen molar-refractivity contribution in [2.45, 2.75) is 7.43 Å². The van der Waals surface area contributed by atoms with Crippen LogP contribution in [0.4, 0.5) is 46.0 Å². The van der Waals surface area contributed by atoms with Crippen LogP contribution in [0.15, 0.2) is 435 Å². The number of hydrogen-bond acceptors (Lipinski definition) is 12. The lowest BCUT2D eigenvalue weighted by atomic mass is 10.0. The third kappa shape index (κ3) is 15.5. The lowest BCUT2D eigenvalue weighted by Crippen LogP contribution is -2.10. The number of para-hydroxylation sites is 4. The molecule has 0 saturated carbocycles. The molecule has 8 heterocycles. The second-order valence-corrected chi connectivity index (χ2v) is 36.4. The average Bonchev–Trinajstić information content (AvgIpc) is 1.60. The largest absolute Gasteiger partial charge is 0.456 e. The number of fused-ring (bicyclic) bond motifs is 20. The fraction of sp³-hybridized carbons (Fsp3) is 0.00813. The second kappa shape index (κ2) is 36.0. The molecule has 20 aromatic carbocycles. The van der Waals surface area contributed by atoms with Crippen molar-refractivity contribution < 1.29 is 35.2 Å². The molecular formula is C123H75BrF4N8O4S2. The number of aromatic nitrogens is 6. The summed E-state index contributed by atoms with van der Waals surface area (Å²) in [7, 11) is 0. The Hall–Kier alpha value is -17.8. The zero-order valence-corrected chi connectivity index (χ0v) is 77.6. The average molecular weight is 1950 g/mol. The minimum absolute atomic E-state index is 0. The van der Waals surface area contributed by atoms with Gasteiger partial charge in [-0.25, -0.2) is 17.6 Å². The molecule has 28 rings (SSSR count). The SMILES string of the molecule is C.C#C.Fc1ccc2c(c1)c1cc(F)ccc1n2-c1ccc(-c2ccc(Br)c3nsnc23)cc1.Fc1ccc2c(c1)c1cc(F)ccc1n2-c1ccc(-c2ccc(N(c3ccc(-c4ccc5c(c4)oc4ccccc45)cc3)c3ccc(-c4ccc5c(c4)oc4ccccc45)cc3)c3nsnc23)cc1.c1ccc2c(c1)oc1cc(-c3ccc(Nc4ccc(-c5ccc6c(c5)oc5ccccc56)cc4)cc3)ccc12. The maximum absolute atomic E-state index is 14.5. The van der Waals surface area contributed by atoms with Gasteiger partial charge in [-0.1, -0.05) is 183 Å². The number of anilines is 5. The lowest BCUT2D eigenvalue weighted by molar-refractivity contribution is 0.628. The van der Waals surface area contributed by atoms with E-state index in [2.05, 4.69) is 266 Å². The number of nitrogens with zero attached hydrogens (tertiary/aromatic N) is 7. The first-order valence-corrected chi connectivity index (χ1v) is 47.8. The number of rotatable bonds is 13. The quantitative estimate of drug-likeness (QED) is 0.0880. The molecule has 12 nitrogen and oxygen atoms in total. The molecule has 0 unspecified atom stereocenters. The van der Waals surface area contributed by atoms with E-state index in [0.717, 1.165) is 243 Å². The first kappa shape index (κ1) is 87.0. The molecule has 0 radical (unpaired) electrons. The molecule has 0 saturated heterocycles. The molecule has 0 aliphatic carbocycles. The van der Waals surface area contributed by atoms with E-state index in [-0.39, 0.29) is 30.7 Å². The lowest BCUT2D eigenvalue weighted by Gasteiger charge is -2.26. The topological polar surface area (TPSA) is 129 Å². The predicted octanol–water partition coefficient (Wildman–Crippen LogP) is 36.3. The highest BCUT2D eigenvalue weighted by molar-refractivity contribution is 9.10. The van der Waals surface area contributed by atoms with Gasteiger partial charge in [0.15, 0.2) is 0 Å². The molecule has 0 aliphatic heterocycles. The zero-order valence-electron chi connectivity index (χ0n) is 74.4. The monoisotopic (exact) mass is 1950 g/mol. The molecule has 0 spiro atoms. The van der Waals surface area contributed by atoms with Crippen molar-refractivity contribution in [3.05, 3.63) is 440 Å². The van der Waals surface area contributed by atoms with Gasteiger partial charge in [0.1, 0.15) is 90.0 Å². The predicted molar refractivity (Wildman–Crippen MR) is 580 cm³/mol. The Balaban J connectivity index is 0.000000125. The molecule has 142 heavy (non-hydrogen) atoms. The number of hydrogen-bond donors (Lipinski definition) is 1. The van der Waals surface area contributed by atoms with Gasteiger partial charge in [-0.05, 0) is 308 Å². The van der Waals surface area contributed by atoms with Gasteiger partial charge in [0, 0.05) is 114 Å². The van der Waals surface area contributed by atoms with Crippen LogP contribution in [0.5, 0.6) is 0 Å². The maximum atomic E-state index is 14.5. The molecule has 0 amide bonds. The molecule has 8 aromatic heterocycles. The Morgan fingerprint density at radius 2 is 0.528 bits per heavy atom. The third-order valence-electron chi connectivity index (χ3n) is 26.4. The van der Waals surface area contributed by atoms with Crippen molar-refractivity contribution in [3.63, 3.8) is 0 Å². The van der Waals surface area contributed by atoms with Gasteiger partial charge < -0.3 is 37.0 Å². The van der Waals surface area contributed by atoms with Gasteiger partial charge in [0.05, 0.1) is 51.2 Å². The molecule has 0 aliphatic rings. The van der Waals surface area contributed by atoms with Crippen LogP contribution in [0.25, 0.3) is 232 Å². The first-order chi connectivity index (χ1) is 69.4. The summed E-state index contributed by atoms with van der Waals surface area (Å²) in [5.41, 5.74) is 33.0. The fourth-order valence-electron chi connectivity index (χ4n) is 19.7. The number of benzene rings is 20. The van der Waals surface area contributed by atoms with Crippen LogP contribution in [0.1, 0.15) is 7.43 Å². The van der Waals surface area contributed by atoms with Gasteiger partial charge in [-0.3, -0.25) is 0 Å². The number of furan rings is 4. The summed E-state index contributed by atoms with van der Waals surface area (Å²) in [5, 5.41) is 15.2. The van der Waals surface area contributed by atoms with Crippen LogP contribution >= 0.6 is 39.4 Å². The van der Waals surface area contributed by atoms with Crippen LogP contribution < -0.4 is 10.2 Å². The highest BCUT2D eigenvalue weighted by Gasteiger charge is 2.25. The Morgan fingerprint density at radius 3 is 0.866 bits per heavy atom. The van der Waals surface area contributed by atoms with Crippen LogP contribution in [0, 0.1) is 36.1 Å². The van der Waals surface area contributed by atoms with Crippen LogP contribution in [-0.2, 0) is 0 Å². The van der Waals surface area contributed by atoms with Crippen LogP contribution in [0.2, 0.25) is 0 Å². The third-order valence-corrected chi connectivity index (χ3v) is 28.1. The fourth-order valence-corrected chi connectivity index (χ4v) is 21.4. The highest BCUT2D eigenvalue weighted by Crippen LogP contribution is 2.47. The molecule has 0 bridgehead atoms. The Morgan fingerprint density at radius 1 is 0.254 bits per heavy atom. The number of nitrogens with one attached hydrogen (secondary N) is 1. The summed E-state index contributed by atoms with van der Waals surface area (Å²) >= 11 is 5.89. The molecule has 28 aromatic rings. The number of halogens is 5. The molecule has 1 N–H and O–H groups in total. The Kier molecular flexibility index (Phi) is 22.0. The van der Waals surface area contributed by atoms with Gasteiger partial charge in [0.2, 0.25) is 0 Å². The van der Waals surface area contributed by atoms with Gasteiger partial charge in [-0.2, -0.15) is 17.5 Å². The maximum Gasteiger partial charge on any atom is 0.136 e. The van der Waals surface area contributed by atoms with E-state index in [1.807, 2.05) is 130 Å². The molecule has 0 fully saturated rings. The van der Waals surface area contributed by atoms with E-state index in [1.165, 1.54) is 72.0 Å². The summed E-state index contributed by atoms with van der Waals surface area (Å²) in [6.07, 6.45) is 8.00. The van der Waals surface area contributed by atoms with E-state index < -0.39 is 0 Å². The zero-order chi connectivity index (χ0) is 94.6. The van der Waals surface area contributed by atoms with Crippen LogP contribution in [-0.4, -0.2) is 26.6 Å². The summed E-state index contributed by atoms with van der Waals surface area (Å²) < 4.78 is 105. The van der Waals surface area contributed by atoms with Crippen molar-refractivity contribution in [1.29, 1.82) is 0 Å². The highest BCUT2D eigenvalue weighted by atomic mass is 79.9. The standard InChI is InChI=1S/C60H34F2N4O2S.C36H23NO2.C24H12BrF2N3S.C2H2.CH4/c61-40-17-28-52-50(33-40)51-34-41(62)18-29-53(51)66(52)44-23-13-37(14-24-44)45-27-30-54(60-59(45)63-69-64-60)65(42-19-9-35(10-20-42)38-15-25-48-46-5-1-3-7-55(46)67-57(48)31-38)43-21-11-36(12-22-43)39-16-26-49-47-6-2-4-8-56(47)68-58(49)32-39;1-3-7-33-29(5-1)31-19-13-25(21-35(31)38-33)23-9-15-27(16-10-23)37-28-17-11-24(12-18-28)26-14-20-32-30-6-2-4-8-34(30)39-36(32)22-26;25-20-8-7-17(23-24(20)29-31-28-23)13-1-5-16(6-2-13)30-21-9-3-14(26)11-18(21)19-12-15(27)4-10-22(19)30;1-2;/h1-34H;1-22,37H;1-12H;1-2H;1H4. The summed E-state index contributed by atoms with van der Waals surface area (Å²) in [4.78, 5) is 2.24. The summed E-state index contributed by atoms with van der Waals surface area (Å²) in [5.74, 6) is -1.43. The van der Waals surface area contributed by atoms with E-state index >= 15 is 0 Å². The van der Waals surface area contributed by atoms with Gasteiger partial charge in [0.25, 0.3) is 0 Å². The van der Waals surface area contributed by atoms with Crippen LogP contribution in [0.3, 0.4) is 0 Å². The molecule has 0 atom stereocenters. The minimum Gasteiger partial charge on any atom is -0.456 e. The second-order valence-electron chi connectivity index (χ2n) is 34.5. The molecule has 678 valence electrons.